The molecule has 3 heterocycles. The molecular weight excluding hydrogens is 352 g/mol. The van der Waals surface area contributed by atoms with Gasteiger partial charge in [-0.25, -0.2) is 4.98 Å². The van der Waals surface area contributed by atoms with E-state index < -0.39 is 0 Å². The molecule has 2 aromatic heterocycles. The second kappa shape index (κ2) is 7.03. The van der Waals surface area contributed by atoms with Crippen LogP contribution < -0.4 is 10.5 Å². The van der Waals surface area contributed by atoms with Crippen LogP contribution in [-0.2, 0) is 6.54 Å². The first-order valence-electron chi connectivity index (χ1n) is 9.34. The van der Waals surface area contributed by atoms with E-state index in [-0.39, 0.29) is 23.4 Å². The molecule has 1 aromatic carbocycles. The van der Waals surface area contributed by atoms with E-state index in [0.29, 0.717) is 23.8 Å². The number of nitrogens with zero attached hydrogens (tertiary/aromatic N) is 4. The molecule has 142 valence electrons. The predicted octanol–water partition coefficient (Wildman–Crippen LogP) is 3.18. The van der Waals surface area contributed by atoms with E-state index in [2.05, 4.69) is 18.8 Å². The minimum atomic E-state index is -0.291. The third-order valence-electron chi connectivity index (χ3n) is 5.28. The second-order valence-electron chi connectivity index (χ2n) is 7.60. The van der Waals surface area contributed by atoms with Crippen LogP contribution in [0.3, 0.4) is 0 Å². The summed E-state index contributed by atoms with van der Waals surface area (Å²) >= 11 is 0. The van der Waals surface area contributed by atoms with Crippen molar-refractivity contribution in [2.24, 2.45) is 0 Å². The maximum Gasteiger partial charge on any atom is 0.255 e. The number of fused-ring (bicyclic) bond motifs is 1. The Labute approximate surface area is 163 Å². The van der Waals surface area contributed by atoms with Crippen molar-refractivity contribution in [2.45, 2.75) is 32.4 Å². The molecule has 6 nitrogen and oxygen atoms in total. The first-order valence-corrected chi connectivity index (χ1v) is 9.34. The molecule has 0 saturated carbocycles. The average Bonchev–Trinajstić information content (AvgIpc) is 2.71. The Hall–Kier alpha value is -3.28. The highest BCUT2D eigenvalue weighted by atomic mass is 16.1. The zero-order chi connectivity index (χ0) is 19.7. The van der Waals surface area contributed by atoms with E-state index in [1.807, 2.05) is 47.4 Å². The number of hydrogen-bond acceptors (Lipinski definition) is 5. The van der Waals surface area contributed by atoms with Crippen molar-refractivity contribution in [1.29, 1.82) is 0 Å². The number of carbonyl (C=O) groups excluding carboxylic acids is 1. The SMILES string of the molecule is CC1(C)CCn2c(nc(-c3ccncc3)cc2=O)N1CC(=O)c1ccccc1. The van der Waals surface area contributed by atoms with Crippen LogP contribution in [-0.4, -0.2) is 32.4 Å². The third-order valence-corrected chi connectivity index (χ3v) is 5.28. The molecule has 0 aliphatic carbocycles. The van der Waals surface area contributed by atoms with Gasteiger partial charge in [0.15, 0.2) is 5.78 Å². The molecule has 0 atom stereocenters. The van der Waals surface area contributed by atoms with Crippen LogP contribution in [0.25, 0.3) is 11.3 Å². The quantitative estimate of drug-likeness (QED) is 0.656. The van der Waals surface area contributed by atoms with Gasteiger partial charge in [-0.1, -0.05) is 30.3 Å². The Morgan fingerprint density at radius 3 is 2.54 bits per heavy atom. The highest BCUT2D eigenvalue weighted by Gasteiger charge is 2.36. The van der Waals surface area contributed by atoms with Gasteiger partial charge in [0.2, 0.25) is 5.95 Å². The molecule has 1 aliphatic heterocycles. The molecule has 0 spiro atoms. The molecule has 6 heteroatoms. The van der Waals surface area contributed by atoms with E-state index in [4.69, 9.17) is 4.98 Å². The number of aromatic nitrogens is 3. The Kier molecular flexibility index (Phi) is 4.55. The fourth-order valence-corrected chi connectivity index (χ4v) is 3.52. The van der Waals surface area contributed by atoms with Crippen molar-refractivity contribution in [2.75, 3.05) is 11.4 Å². The second-order valence-corrected chi connectivity index (χ2v) is 7.60. The summed E-state index contributed by atoms with van der Waals surface area (Å²) in [5, 5.41) is 0. The topological polar surface area (TPSA) is 68.1 Å². The lowest BCUT2D eigenvalue weighted by Crippen LogP contribution is -2.53. The predicted molar refractivity (Wildman–Crippen MR) is 109 cm³/mol. The molecule has 3 aromatic rings. The van der Waals surface area contributed by atoms with Gasteiger partial charge < -0.3 is 4.90 Å². The van der Waals surface area contributed by atoms with Gasteiger partial charge in [-0.3, -0.25) is 19.1 Å². The summed E-state index contributed by atoms with van der Waals surface area (Å²) in [7, 11) is 0. The molecule has 0 N–H and O–H groups in total. The molecule has 0 fully saturated rings. The van der Waals surface area contributed by atoms with Crippen LogP contribution in [0.2, 0.25) is 0 Å². The zero-order valence-electron chi connectivity index (χ0n) is 16.0. The fourth-order valence-electron chi connectivity index (χ4n) is 3.52. The van der Waals surface area contributed by atoms with Gasteiger partial charge in [0, 0.05) is 41.7 Å². The Bertz CT molecular complexity index is 1060. The minimum absolute atomic E-state index is 0.00527. The lowest BCUT2D eigenvalue weighted by Gasteiger charge is -2.44. The molecular formula is C22H22N4O2. The van der Waals surface area contributed by atoms with Gasteiger partial charge in [-0.2, -0.15) is 0 Å². The van der Waals surface area contributed by atoms with Crippen LogP contribution in [0.1, 0.15) is 30.6 Å². The van der Waals surface area contributed by atoms with Gasteiger partial charge in [0.25, 0.3) is 5.56 Å². The lowest BCUT2D eigenvalue weighted by atomic mass is 9.95. The number of rotatable bonds is 4. The highest BCUT2D eigenvalue weighted by molar-refractivity contribution is 5.99. The van der Waals surface area contributed by atoms with Gasteiger partial charge >= 0.3 is 0 Å². The fraction of sp³-hybridized carbons (Fsp3) is 0.273. The van der Waals surface area contributed by atoms with Gasteiger partial charge in [0.05, 0.1) is 12.2 Å². The van der Waals surface area contributed by atoms with Crippen LogP contribution in [0.5, 0.6) is 0 Å². The van der Waals surface area contributed by atoms with E-state index in [1.54, 1.807) is 23.0 Å². The van der Waals surface area contributed by atoms with Crippen LogP contribution >= 0.6 is 0 Å². The summed E-state index contributed by atoms with van der Waals surface area (Å²) < 4.78 is 1.66. The first-order chi connectivity index (χ1) is 13.5. The van der Waals surface area contributed by atoms with E-state index in [0.717, 1.165) is 12.0 Å². The van der Waals surface area contributed by atoms with Crippen LogP contribution in [0, 0.1) is 0 Å². The molecule has 0 unspecified atom stereocenters. The maximum absolute atomic E-state index is 12.9. The monoisotopic (exact) mass is 374 g/mol. The summed E-state index contributed by atoms with van der Waals surface area (Å²) in [6, 6.07) is 14.4. The number of anilines is 1. The normalized spacial score (nSPS) is 15.1. The van der Waals surface area contributed by atoms with Crippen molar-refractivity contribution in [3.05, 3.63) is 76.8 Å². The highest BCUT2D eigenvalue weighted by Crippen LogP contribution is 2.31. The minimum Gasteiger partial charge on any atom is -0.329 e. The Morgan fingerprint density at radius 1 is 1.11 bits per heavy atom. The number of ketones is 1. The molecule has 28 heavy (non-hydrogen) atoms. The van der Waals surface area contributed by atoms with E-state index in [1.165, 1.54) is 0 Å². The first kappa shape index (κ1) is 18.1. The summed E-state index contributed by atoms with van der Waals surface area (Å²) in [6.45, 7) is 4.92. The van der Waals surface area contributed by atoms with Crippen molar-refractivity contribution in [3.8, 4) is 11.3 Å². The van der Waals surface area contributed by atoms with Crippen LogP contribution in [0.15, 0.2) is 65.7 Å². The molecule has 0 radical (unpaired) electrons. The molecule has 0 saturated heterocycles. The standard InChI is InChI=1S/C22H22N4O2/c1-22(2)10-13-25-20(28)14-18(16-8-11-23-12-9-16)24-21(25)26(22)15-19(27)17-6-4-3-5-7-17/h3-9,11-12,14H,10,13,15H2,1-2H3. The number of carbonyl (C=O) groups is 1. The van der Waals surface area contributed by atoms with Gasteiger partial charge in [-0.05, 0) is 32.4 Å². The zero-order valence-corrected chi connectivity index (χ0v) is 16.0. The third kappa shape index (κ3) is 3.33. The Balaban J connectivity index is 1.78. The summed E-state index contributed by atoms with van der Waals surface area (Å²) in [4.78, 5) is 36.4. The van der Waals surface area contributed by atoms with Gasteiger partial charge in [-0.15, -0.1) is 0 Å². The largest absolute Gasteiger partial charge is 0.329 e. The van der Waals surface area contributed by atoms with E-state index in [9.17, 15) is 9.59 Å². The molecule has 4 rings (SSSR count). The molecule has 0 bridgehead atoms. The number of Topliss-reactive ketones (excluding diaryl/α,β-unsaturated/α-hetero) is 1. The van der Waals surface area contributed by atoms with Crippen molar-refractivity contribution in [1.82, 2.24) is 14.5 Å². The van der Waals surface area contributed by atoms with Crippen LogP contribution in [0.4, 0.5) is 5.95 Å². The maximum atomic E-state index is 12.9. The van der Waals surface area contributed by atoms with Gasteiger partial charge in [0.1, 0.15) is 0 Å². The summed E-state index contributed by atoms with van der Waals surface area (Å²) in [5.41, 5.74) is 1.68. The van der Waals surface area contributed by atoms with E-state index >= 15 is 0 Å². The number of pyridine rings is 1. The number of benzene rings is 1. The van der Waals surface area contributed by atoms with Crippen molar-refractivity contribution in [3.63, 3.8) is 0 Å². The number of hydrogen-bond donors (Lipinski definition) is 0. The molecule has 0 amide bonds. The lowest BCUT2D eigenvalue weighted by molar-refractivity contribution is 0.0989. The smallest absolute Gasteiger partial charge is 0.255 e. The van der Waals surface area contributed by atoms with Crippen molar-refractivity contribution >= 4 is 11.7 Å². The summed E-state index contributed by atoms with van der Waals surface area (Å²) in [6.07, 6.45) is 4.11. The Morgan fingerprint density at radius 2 is 1.82 bits per heavy atom. The van der Waals surface area contributed by atoms with Crippen molar-refractivity contribution < 1.29 is 4.79 Å². The average molecular weight is 374 g/mol. The summed E-state index contributed by atoms with van der Waals surface area (Å²) in [5.74, 6) is 0.547. The molecule has 1 aliphatic rings.